The van der Waals surface area contributed by atoms with Crippen molar-refractivity contribution in [3.05, 3.63) is 0 Å². The first-order chi connectivity index (χ1) is 6.77. The van der Waals surface area contributed by atoms with Crippen LogP contribution in [0.4, 0.5) is 4.79 Å². The quantitative estimate of drug-likeness (QED) is 0.625. The Labute approximate surface area is 84.0 Å². The van der Waals surface area contributed by atoms with E-state index < -0.39 is 0 Å². The first-order valence-electron chi connectivity index (χ1n) is 5.54. The van der Waals surface area contributed by atoms with E-state index in [1.165, 1.54) is 19.3 Å². The van der Waals surface area contributed by atoms with Crippen LogP contribution in [0.2, 0.25) is 0 Å². The maximum absolute atomic E-state index is 11.6. The second kappa shape index (κ2) is 2.86. The largest absolute Gasteiger partial charge is 0.335 e. The highest BCUT2D eigenvalue weighted by Crippen LogP contribution is 2.36. The van der Waals surface area contributed by atoms with Gasteiger partial charge in [-0.3, -0.25) is 0 Å². The lowest BCUT2D eigenvalue weighted by Gasteiger charge is -2.47. The van der Waals surface area contributed by atoms with Gasteiger partial charge in [0.1, 0.15) is 0 Å². The molecule has 0 unspecified atom stereocenters. The second-order valence-electron chi connectivity index (χ2n) is 5.01. The molecule has 2 aliphatic heterocycles. The number of likely N-dealkylation sites (tertiary alicyclic amines) is 1. The Morgan fingerprint density at radius 2 is 2.21 bits per heavy atom. The third kappa shape index (κ3) is 1.38. The molecular weight excluding hydrogens is 178 g/mol. The molecule has 0 aromatic heterocycles. The zero-order valence-corrected chi connectivity index (χ0v) is 8.38. The zero-order chi connectivity index (χ0) is 9.60. The van der Waals surface area contributed by atoms with Gasteiger partial charge in [-0.2, -0.15) is 0 Å². The Morgan fingerprint density at radius 3 is 2.79 bits per heavy atom. The highest BCUT2D eigenvalue weighted by Gasteiger charge is 2.47. The van der Waals surface area contributed by atoms with E-state index in [9.17, 15) is 4.79 Å². The number of rotatable bonds is 1. The number of hydrogen-bond donors (Lipinski definition) is 2. The third-order valence-electron chi connectivity index (χ3n) is 3.58. The Hall–Kier alpha value is -0.770. The summed E-state index contributed by atoms with van der Waals surface area (Å²) < 4.78 is 0. The van der Waals surface area contributed by atoms with E-state index in [0.29, 0.717) is 11.5 Å². The molecule has 1 saturated carbocycles. The number of urea groups is 1. The standard InChI is InChI=1S/C10H17N3O/c14-9(12-8-1-2-8)13-6-10(7-13)3-4-11-5-10/h8,11H,1-7H2,(H,12,14). The van der Waals surface area contributed by atoms with E-state index in [-0.39, 0.29) is 6.03 Å². The zero-order valence-electron chi connectivity index (χ0n) is 8.38. The molecule has 2 amide bonds. The fraction of sp³-hybridized carbons (Fsp3) is 0.900. The maximum atomic E-state index is 11.6. The van der Waals surface area contributed by atoms with Gasteiger partial charge in [0.05, 0.1) is 0 Å². The van der Waals surface area contributed by atoms with Crippen LogP contribution in [0.15, 0.2) is 0 Å². The molecule has 0 bridgehead atoms. The van der Waals surface area contributed by atoms with Gasteiger partial charge < -0.3 is 15.5 Å². The SMILES string of the molecule is O=C(NC1CC1)N1CC2(CCNC2)C1. The summed E-state index contributed by atoms with van der Waals surface area (Å²) in [4.78, 5) is 13.6. The van der Waals surface area contributed by atoms with Crippen LogP contribution in [0.5, 0.6) is 0 Å². The average Bonchev–Trinajstić information content (AvgIpc) is 2.79. The van der Waals surface area contributed by atoms with Gasteiger partial charge in [0.2, 0.25) is 0 Å². The maximum Gasteiger partial charge on any atom is 0.317 e. The monoisotopic (exact) mass is 195 g/mol. The molecule has 1 spiro atoms. The summed E-state index contributed by atoms with van der Waals surface area (Å²) in [5.41, 5.74) is 0.431. The summed E-state index contributed by atoms with van der Waals surface area (Å²) in [6, 6.07) is 0.644. The van der Waals surface area contributed by atoms with Crippen LogP contribution in [0.1, 0.15) is 19.3 Å². The van der Waals surface area contributed by atoms with Gasteiger partial charge in [0.15, 0.2) is 0 Å². The van der Waals surface area contributed by atoms with Gasteiger partial charge >= 0.3 is 6.03 Å². The molecule has 14 heavy (non-hydrogen) atoms. The van der Waals surface area contributed by atoms with E-state index in [1.54, 1.807) is 0 Å². The summed E-state index contributed by atoms with van der Waals surface area (Å²) in [6.07, 6.45) is 3.58. The van der Waals surface area contributed by atoms with Crippen LogP contribution in [0, 0.1) is 5.41 Å². The van der Waals surface area contributed by atoms with Crippen molar-refractivity contribution in [2.45, 2.75) is 25.3 Å². The number of hydrogen-bond acceptors (Lipinski definition) is 2. The average molecular weight is 195 g/mol. The molecule has 0 aromatic rings. The second-order valence-corrected chi connectivity index (χ2v) is 5.01. The fourth-order valence-corrected chi connectivity index (χ4v) is 2.47. The van der Waals surface area contributed by atoms with Crippen LogP contribution in [0.25, 0.3) is 0 Å². The van der Waals surface area contributed by atoms with Crippen LogP contribution >= 0.6 is 0 Å². The van der Waals surface area contributed by atoms with Crippen molar-refractivity contribution in [3.63, 3.8) is 0 Å². The van der Waals surface area contributed by atoms with Crippen molar-refractivity contribution in [1.82, 2.24) is 15.5 Å². The molecule has 2 N–H and O–H groups in total. The van der Waals surface area contributed by atoms with E-state index >= 15 is 0 Å². The number of nitrogens with one attached hydrogen (secondary N) is 2. The van der Waals surface area contributed by atoms with Crippen molar-refractivity contribution in [2.24, 2.45) is 5.41 Å². The van der Waals surface area contributed by atoms with Crippen molar-refractivity contribution < 1.29 is 4.79 Å². The van der Waals surface area contributed by atoms with Gasteiger partial charge in [-0.25, -0.2) is 4.79 Å². The van der Waals surface area contributed by atoms with Gasteiger partial charge in [0, 0.05) is 31.1 Å². The lowest BCUT2D eigenvalue weighted by Crippen LogP contribution is -2.61. The van der Waals surface area contributed by atoms with E-state index in [4.69, 9.17) is 0 Å². The molecule has 2 saturated heterocycles. The molecule has 78 valence electrons. The number of carbonyl (C=O) groups is 1. The Kier molecular flexibility index (Phi) is 1.74. The first-order valence-corrected chi connectivity index (χ1v) is 5.54. The predicted molar refractivity (Wildman–Crippen MR) is 53.0 cm³/mol. The fourth-order valence-electron chi connectivity index (χ4n) is 2.47. The van der Waals surface area contributed by atoms with Crippen LogP contribution in [-0.2, 0) is 0 Å². The molecule has 0 radical (unpaired) electrons. The van der Waals surface area contributed by atoms with Gasteiger partial charge in [0.25, 0.3) is 0 Å². The minimum atomic E-state index is 0.157. The molecule has 4 heteroatoms. The van der Waals surface area contributed by atoms with Crippen molar-refractivity contribution in [3.8, 4) is 0 Å². The minimum Gasteiger partial charge on any atom is -0.335 e. The lowest BCUT2D eigenvalue weighted by atomic mass is 9.79. The minimum absolute atomic E-state index is 0.157. The van der Waals surface area contributed by atoms with E-state index in [2.05, 4.69) is 10.6 Å². The number of nitrogens with zero attached hydrogens (tertiary/aromatic N) is 1. The first kappa shape index (κ1) is 8.53. The highest BCUT2D eigenvalue weighted by atomic mass is 16.2. The molecule has 3 aliphatic rings. The van der Waals surface area contributed by atoms with Crippen molar-refractivity contribution in [2.75, 3.05) is 26.2 Å². The Morgan fingerprint density at radius 1 is 1.43 bits per heavy atom. The van der Waals surface area contributed by atoms with Crippen LogP contribution in [0.3, 0.4) is 0 Å². The third-order valence-corrected chi connectivity index (χ3v) is 3.58. The van der Waals surface area contributed by atoms with Crippen molar-refractivity contribution >= 4 is 6.03 Å². The number of amides is 2. The molecule has 1 aliphatic carbocycles. The molecule has 0 atom stereocenters. The van der Waals surface area contributed by atoms with E-state index in [0.717, 1.165) is 26.2 Å². The summed E-state index contributed by atoms with van der Waals surface area (Å²) in [5.74, 6) is 0. The summed E-state index contributed by atoms with van der Waals surface area (Å²) >= 11 is 0. The normalized spacial score (nSPS) is 29.0. The molecule has 4 nitrogen and oxygen atoms in total. The van der Waals surface area contributed by atoms with Gasteiger partial charge in [-0.05, 0) is 25.8 Å². The smallest absolute Gasteiger partial charge is 0.317 e. The predicted octanol–water partition coefficient (Wildman–Crippen LogP) is 0.154. The van der Waals surface area contributed by atoms with Gasteiger partial charge in [-0.1, -0.05) is 0 Å². The van der Waals surface area contributed by atoms with Crippen molar-refractivity contribution in [1.29, 1.82) is 0 Å². The topological polar surface area (TPSA) is 44.4 Å². The Bertz CT molecular complexity index is 248. The molecule has 3 rings (SSSR count). The van der Waals surface area contributed by atoms with Crippen LogP contribution < -0.4 is 10.6 Å². The van der Waals surface area contributed by atoms with Gasteiger partial charge in [-0.15, -0.1) is 0 Å². The summed E-state index contributed by atoms with van der Waals surface area (Å²) in [5, 5.41) is 6.40. The summed E-state index contributed by atoms with van der Waals surface area (Å²) in [7, 11) is 0. The number of carbonyl (C=O) groups excluding carboxylic acids is 1. The molecule has 2 heterocycles. The molecular formula is C10H17N3O. The van der Waals surface area contributed by atoms with Crippen LogP contribution in [-0.4, -0.2) is 43.2 Å². The van der Waals surface area contributed by atoms with E-state index in [1.807, 2.05) is 4.90 Å². The Balaban J connectivity index is 1.50. The lowest BCUT2D eigenvalue weighted by molar-refractivity contribution is 0.0477. The summed E-state index contributed by atoms with van der Waals surface area (Å²) in [6.45, 7) is 4.13. The molecule has 0 aromatic carbocycles. The molecule has 3 fully saturated rings. The highest BCUT2D eigenvalue weighted by molar-refractivity contribution is 5.76.